The van der Waals surface area contributed by atoms with Gasteiger partial charge in [0, 0.05) is 0 Å². The van der Waals surface area contributed by atoms with Gasteiger partial charge in [0.15, 0.2) is 5.16 Å². The summed E-state index contributed by atoms with van der Waals surface area (Å²) < 4.78 is 12.2. The number of aryl methyl sites for hydroxylation is 1. The fraction of sp³-hybridized carbons (Fsp3) is 0.556. The maximum Gasteiger partial charge on any atom is 0.309 e. The highest BCUT2D eigenvalue weighted by molar-refractivity contribution is 8.00. The molecular weight excluding hydrogens is 368 g/mol. The number of nitrogens with zero attached hydrogens (tertiary/aromatic N) is 4. The Morgan fingerprint density at radius 3 is 2.85 bits per heavy atom. The number of hydrogen-bond donors (Lipinski definition) is 0. The zero-order valence-corrected chi connectivity index (χ0v) is 16.1. The van der Waals surface area contributed by atoms with Crippen LogP contribution in [0.2, 0.25) is 0 Å². The maximum absolute atomic E-state index is 12.9. The summed E-state index contributed by atoms with van der Waals surface area (Å²) in [6, 6.07) is 3.51. The second-order valence-corrected chi connectivity index (χ2v) is 7.86. The standard InChI is InChI=1S/C18H22N4O4S/c1-3-25-17(24)12-6-8-21(9-7-12)14(13-5-4-10-26-13)15-16(23)22-18(27-15)19-11(2)20-22/h4-5,10,12,14-15H,3,6-9H2,1-2H3. The normalized spacial score (nSPS) is 22.0. The number of aromatic nitrogens is 3. The van der Waals surface area contributed by atoms with Crippen LogP contribution in [0.25, 0.3) is 0 Å². The van der Waals surface area contributed by atoms with Gasteiger partial charge in [0.05, 0.1) is 24.8 Å². The zero-order valence-electron chi connectivity index (χ0n) is 15.3. The number of furan rings is 1. The average Bonchev–Trinajstić information content (AvgIpc) is 3.36. The van der Waals surface area contributed by atoms with Crippen molar-refractivity contribution in [1.29, 1.82) is 0 Å². The fourth-order valence-electron chi connectivity index (χ4n) is 3.75. The number of fused-ring (bicyclic) bond motifs is 1. The highest BCUT2D eigenvalue weighted by atomic mass is 32.2. The Morgan fingerprint density at radius 1 is 1.44 bits per heavy atom. The largest absolute Gasteiger partial charge is 0.468 e. The van der Waals surface area contributed by atoms with Crippen LogP contribution in [0.4, 0.5) is 0 Å². The average molecular weight is 390 g/mol. The molecule has 2 aromatic rings. The molecule has 144 valence electrons. The Hall–Kier alpha value is -2.13. The lowest BCUT2D eigenvalue weighted by atomic mass is 9.94. The molecule has 0 spiro atoms. The van der Waals surface area contributed by atoms with Gasteiger partial charge in [-0.25, -0.2) is 4.98 Å². The Kier molecular flexibility index (Phi) is 5.05. The molecule has 2 aromatic heterocycles. The van der Waals surface area contributed by atoms with Crippen molar-refractivity contribution < 1.29 is 18.7 Å². The molecule has 0 aromatic carbocycles. The van der Waals surface area contributed by atoms with E-state index in [9.17, 15) is 9.59 Å². The predicted octanol–water partition coefficient (Wildman–Crippen LogP) is 2.31. The highest BCUT2D eigenvalue weighted by Crippen LogP contribution is 2.42. The van der Waals surface area contributed by atoms with E-state index in [0.717, 1.165) is 5.76 Å². The van der Waals surface area contributed by atoms with Gasteiger partial charge in [0.2, 0.25) is 0 Å². The van der Waals surface area contributed by atoms with E-state index >= 15 is 0 Å². The summed E-state index contributed by atoms with van der Waals surface area (Å²) in [5.74, 6) is 1.06. The van der Waals surface area contributed by atoms with Crippen molar-refractivity contribution in [3.63, 3.8) is 0 Å². The summed E-state index contributed by atoms with van der Waals surface area (Å²) in [5.41, 5.74) is 0. The van der Waals surface area contributed by atoms with E-state index in [-0.39, 0.29) is 29.1 Å². The number of piperidine rings is 1. The molecule has 27 heavy (non-hydrogen) atoms. The van der Waals surface area contributed by atoms with Gasteiger partial charge in [-0.2, -0.15) is 4.68 Å². The topological polar surface area (TPSA) is 90.5 Å². The first kappa shape index (κ1) is 18.2. The molecule has 0 aliphatic carbocycles. The molecule has 9 heteroatoms. The fourth-order valence-corrected chi connectivity index (χ4v) is 5.03. The highest BCUT2D eigenvalue weighted by Gasteiger charge is 2.45. The summed E-state index contributed by atoms with van der Waals surface area (Å²) in [6.07, 6.45) is 3.05. The molecular formula is C18H22N4O4S. The number of hydrogen-bond acceptors (Lipinski definition) is 8. The maximum atomic E-state index is 12.9. The molecule has 2 aliphatic heterocycles. The number of esters is 1. The first-order chi connectivity index (χ1) is 13.1. The van der Waals surface area contributed by atoms with Crippen LogP contribution in [0.5, 0.6) is 0 Å². The van der Waals surface area contributed by atoms with E-state index in [1.165, 1.54) is 16.4 Å². The summed E-state index contributed by atoms with van der Waals surface area (Å²) in [7, 11) is 0. The first-order valence-corrected chi connectivity index (χ1v) is 10.0. The third kappa shape index (κ3) is 3.41. The molecule has 0 saturated carbocycles. The van der Waals surface area contributed by atoms with Crippen LogP contribution < -0.4 is 0 Å². The molecule has 2 unspecified atom stereocenters. The molecule has 0 bridgehead atoms. The van der Waals surface area contributed by atoms with Crippen LogP contribution >= 0.6 is 11.8 Å². The summed E-state index contributed by atoms with van der Waals surface area (Å²) >= 11 is 1.43. The van der Waals surface area contributed by atoms with E-state index in [0.29, 0.717) is 43.5 Å². The van der Waals surface area contributed by atoms with Crippen molar-refractivity contribution in [3.8, 4) is 0 Å². The van der Waals surface area contributed by atoms with Crippen LogP contribution in [0.15, 0.2) is 28.0 Å². The second-order valence-electron chi connectivity index (χ2n) is 6.75. The van der Waals surface area contributed by atoms with Crippen LogP contribution in [0, 0.1) is 12.8 Å². The minimum absolute atomic E-state index is 0.0786. The lowest BCUT2D eigenvalue weighted by Crippen LogP contribution is -2.44. The van der Waals surface area contributed by atoms with Crippen molar-refractivity contribution in [2.24, 2.45) is 5.92 Å². The lowest BCUT2D eigenvalue weighted by molar-refractivity contribution is -0.149. The quantitative estimate of drug-likeness (QED) is 0.719. The monoisotopic (exact) mass is 390 g/mol. The van der Waals surface area contributed by atoms with Gasteiger partial charge >= 0.3 is 5.97 Å². The number of carbonyl (C=O) groups excluding carboxylic acids is 2. The van der Waals surface area contributed by atoms with Gasteiger partial charge < -0.3 is 9.15 Å². The van der Waals surface area contributed by atoms with Gasteiger partial charge in [-0.05, 0) is 51.9 Å². The second kappa shape index (κ2) is 7.47. The Morgan fingerprint density at radius 2 is 2.22 bits per heavy atom. The van der Waals surface area contributed by atoms with Crippen LogP contribution in [-0.4, -0.2) is 56.5 Å². The minimum atomic E-state index is -0.370. The number of carbonyl (C=O) groups is 2. The lowest BCUT2D eigenvalue weighted by Gasteiger charge is -2.37. The third-order valence-corrected chi connectivity index (χ3v) is 6.22. The van der Waals surface area contributed by atoms with E-state index in [2.05, 4.69) is 15.0 Å². The number of ether oxygens (including phenoxy) is 1. The van der Waals surface area contributed by atoms with Crippen LogP contribution in [-0.2, 0) is 9.53 Å². The van der Waals surface area contributed by atoms with Crippen molar-refractivity contribution in [2.75, 3.05) is 19.7 Å². The zero-order chi connectivity index (χ0) is 19.0. The molecule has 8 nitrogen and oxygen atoms in total. The van der Waals surface area contributed by atoms with E-state index in [1.807, 2.05) is 19.1 Å². The Balaban J connectivity index is 1.53. The van der Waals surface area contributed by atoms with E-state index < -0.39 is 0 Å². The SMILES string of the molecule is CCOC(=O)C1CCN(C(c2ccco2)C2Sc3nc(C)nn3C2=O)CC1. The minimum Gasteiger partial charge on any atom is -0.468 e. The van der Waals surface area contributed by atoms with E-state index in [4.69, 9.17) is 9.15 Å². The first-order valence-electron chi connectivity index (χ1n) is 9.17. The number of rotatable bonds is 5. The molecule has 1 fully saturated rings. The molecule has 0 N–H and O–H groups in total. The van der Waals surface area contributed by atoms with Crippen LogP contribution in [0.3, 0.4) is 0 Å². The molecule has 0 radical (unpaired) electrons. The van der Waals surface area contributed by atoms with Gasteiger partial charge in [-0.1, -0.05) is 11.8 Å². The van der Waals surface area contributed by atoms with Crippen LogP contribution in [0.1, 0.15) is 42.2 Å². The number of likely N-dealkylation sites (tertiary alicyclic amines) is 1. The Labute approximate surface area is 161 Å². The Bertz CT molecular complexity index is 827. The smallest absolute Gasteiger partial charge is 0.309 e. The predicted molar refractivity (Wildman–Crippen MR) is 97.4 cm³/mol. The molecule has 2 aliphatic rings. The van der Waals surface area contributed by atoms with Gasteiger partial charge in [-0.15, -0.1) is 5.10 Å². The molecule has 2 atom stereocenters. The van der Waals surface area contributed by atoms with Gasteiger partial charge in [0.25, 0.3) is 5.91 Å². The molecule has 4 heterocycles. The van der Waals surface area contributed by atoms with E-state index in [1.54, 1.807) is 13.2 Å². The summed E-state index contributed by atoms with van der Waals surface area (Å²) in [6.45, 7) is 5.40. The van der Waals surface area contributed by atoms with Crippen molar-refractivity contribution in [1.82, 2.24) is 19.7 Å². The van der Waals surface area contributed by atoms with Crippen molar-refractivity contribution in [2.45, 2.75) is 43.1 Å². The molecule has 0 amide bonds. The number of thioether (sulfide) groups is 1. The van der Waals surface area contributed by atoms with Gasteiger partial charge in [-0.3, -0.25) is 14.5 Å². The molecule has 1 saturated heterocycles. The summed E-state index contributed by atoms with van der Waals surface area (Å²) in [4.78, 5) is 31.5. The third-order valence-electron chi connectivity index (χ3n) is 5.03. The van der Waals surface area contributed by atoms with Gasteiger partial charge in [0.1, 0.15) is 16.8 Å². The van der Waals surface area contributed by atoms with Crippen molar-refractivity contribution in [3.05, 3.63) is 30.0 Å². The summed E-state index contributed by atoms with van der Waals surface area (Å²) in [5, 5.41) is 4.47. The van der Waals surface area contributed by atoms with Crippen molar-refractivity contribution >= 4 is 23.6 Å². The molecule has 4 rings (SSSR count).